The van der Waals surface area contributed by atoms with E-state index in [0.29, 0.717) is 0 Å². The molecule has 0 aromatic heterocycles. The Morgan fingerprint density at radius 2 is 1.69 bits per heavy atom. The van der Waals surface area contributed by atoms with Gasteiger partial charge in [0.2, 0.25) is 0 Å². The molecule has 0 atom stereocenters. The second kappa shape index (κ2) is 4.25. The van der Waals surface area contributed by atoms with Crippen molar-refractivity contribution in [2.75, 3.05) is 13.1 Å². The topological polar surface area (TPSA) is 21.7 Å². The maximum absolute atomic E-state index is 5.12. The highest BCUT2D eigenvalue weighted by atomic mass is 17.3. The summed E-state index contributed by atoms with van der Waals surface area (Å²) in [5.74, 6) is 0.745. The third-order valence-electron chi connectivity index (χ3n) is 2.05. The zero-order valence-corrected chi connectivity index (χ0v) is 7.48. The molecule has 0 spiro atoms. The van der Waals surface area contributed by atoms with Crippen molar-refractivity contribution in [3.63, 3.8) is 0 Å². The molecule has 13 heavy (non-hydrogen) atoms. The van der Waals surface area contributed by atoms with Crippen LogP contribution in [-0.2, 0) is 4.99 Å². The van der Waals surface area contributed by atoms with Crippen molar-refractivity contribution in [1.82, 2.24) is 5.06 Å². The van der Waals surface area contributed by atoms with E-state index in [4.69, 9.17) is 9.88 Å². The first-order chi connectivity index (χ1) is 6.45. The molecule has 3 nitrogen and oxygen atoms in total. The highest BCUT2D eigenvalue weighted by molar-refractivity contribution is 5.20. The fourth-order valence-electron chi connectivity index (χ4n) is 1.33. The molecule has 1 aromatic carbocycles. The van der Waals surface area contributed by atoms with Crippen molar-refractivity contribution in [2.45, 2.75) is 12.8 Å². The highest BCUT2D eigenvalue weighted by Gasteiger charge is 2.12. The van der Waals surface area contributed by atoms with Crippen LogP contribution in [0.25, 0.3) is 0 Å². The van der Waals surface area contributed by atoms with Gasteiger partial charge in [0.15, 0.2) is 5.75 Å². The maximum Gasteiger partial charge on any atom is 0.167 e. The lowest BCUT2D eigenvalue weighted by atomic mass is 10.3. The van der Waals surface area contributed by atoms with Gasteiger partial charge in [-0.2, -0.15) is 0 Å². The summed E-state index contributed by atoms with van der Waals surface area (Å²) in [6.45, 7) is 1.93. The van der Waals surface area contributed by atoms with Crippen molar-refractivity contribution in [3.8, 4) is 5.75 Å². The van der Waals surface area contributed by atoms with Gasteiger partial charge in [-0.3, -0.25) is 0 Å². The zero-order valence-electron chi connectivity index (χ0n) is 7.48. The minimum absolute atomic E-state index is 0.745. The molecule has 70 valence electrons. The van der Waals surface area contributed by atoms with Gasteiger partial charge in [0.1, 0.15) is 0 Å². The van der Waals surface area contributed by atoms with Crippen molar-refractivity contribution < 1.29 is 9.88 Å². The number of benzene rings is 1. The predicted molar refractivity (Wildman–Crippen MR) is 49.0 cm³/mol. The van der Waals surface area contributed by atoms with Gasteiger partial charge in [-0.1, -0.05) is 23.2 Å². The Balaban J connectivity index is 1.79. The van der Waals surface area contributed by atoms with Gasteiger partial charge in [0, 0.05) is 13.1 Å². The minimum Gasteiger partial charge on any atom is -0.319 e. The summed E-state index contributed by atoms with van der Waals surface area (Å²) in [6, 6.07) is 9.53. The SMILES string of the molecule is c1ccc(OON2CCCC2)cc1. The van der Waals surface area contributed by atoms with Gasteiger partial charge in [-0.05, 0) is 25.0 Å². The second-order valence-corrected chi connectivity index (χ2v) is 3.11. The first-order valence-corrected chi connectivity index (χ1v) is 4.60. The molecule has 0 amide bonds. The molecule has 0 bridgehead atoms. The van der Waals surface area contributed by atoms with E-state index in [0.717, 1.165) is 18.8 Å². The summed E-state index contributed by atoms with van der Waals surface area (Å²) in [5, 5.41) is 1.84. The highest BCUT2D eigenvalue weighted by Crippen LogP contribution is 2.12. The lowest BCUT2D eigenvalue weighted by molar-refractivity contribution is -0.361. The predicted octanol–water partition coefficient (Wildman–Crippen LogP) is 2.01. The lowest BCUT2D eigenvalue weighted by Crippen LogP contribution is -2.21. The maximum atomic E-state index is 5.12. The molecular weight excluding hydrogens is 166 g/mol. The molecule has 1 heterocycles. The third kappa shape index (κ3) is 2.44. The summed E-state index contributed by atoms with van der Waals surface area (Å²) in [7, 11) is 0. The molecule has 0 N–H and O–H groups in total. The van der Waals surface area contributed by atoms with Crippen LogP contribution in [0.2, 0.25) is 0 Å². The Kier molecular flexibility index (Phi) is 2.79. The van der Waals surface area contributed by atoms with Gasteiger partial charge in [0.05, 0.1) is 0 Å². The molecule has 1 fully saturated rings. The quantitative estimate of drug-likeness (QED) is 0.523. The van der Waals surface area contributed by atoms with Gasteiger partial charge < -0.3 is 4.89 Å². The van der Waals surface area contributed by atoms with Gasteiger partial charge in [-0.15, -0.1) is 5.06 Å². The van der Waals surface area contributed by atoms with Crippen LogP contribution < -0.4 is 4.89 Å². The smallest absolute Gasteiger partial charge is 0.167 e. The molecule has 0 unspecified atom stereocenters. The number of rotatable bonds is 3. The van der Waals surface area contributed by atoms with Gasteiger partial charge in [0.25, 0.3) is 0 Å². The van der Waals surface area contributed by atoms with Crippen LogP contribution in [0.3, 0.4) is 0 Å². The Bertz CT molecular complexity index is 244. The molecule has 3 heteroatoms. The van der Waals surface area contributed by atoms with Crippen LogP contribution in [0.1, 0.15) is 12.8 Å². The second-order valence-electron chi connectivity index (χ2n) is 3.11. The summed E-state index contributed by atoms with van der Waals surface area (Å²) < 4.78 is 0. The van der Waals surface area contributed by atoms with Crippen molar-refractivity contribution in [1.29, 1.82) is 0 Å². The van der Waals surface area contributed by atoms with Crippen LogP contribution in [-0.4, -0.2) is 18.2 Å². The third-order valence-corrected chi connectivity index (χ3v) is 2.05. The molecule has 0 aliphatic carbocycles. The zero-order chi connectivity index (χ0) is 8.93. The Morgan fingerprint density at radius 1 is 1.00 bits per heavy atom. The fraction of sp³-hybridized carbons (Fsp3) is 0.400. The molecule has 0 radical (unpaired) electrons. The van der Waals surface area contributed by atoms with E-state index in [2.05, 4.69) is 0 Å². The summed E-state index contributed by atoms with van der Waals surface area (Å²) in [6.07, 6.45) is 2.39. The largest absolute Gasteiger partial charge is 0.319 e. The first-order valence-electron chi connectivity index (χ1n) is 4.60. The average molecular weight is 179 g/mol. The standard InChI is InChI=1S/C10H13NO2/c1-2-6-10(7-3-1)12-13-11-8-4-5-9-11/h1-3,6-7H,4-5,8-9H2. The lowest BCUT2D eigenvalue weighted by Gasteiger charge is -2.12. The van der Waals surface area contributed by atoms with Crippen molar-refractivity contribution >= 4 is 0 Å². The van der Waals surface area contributed by atoms with E-state index in [9.17, 15) is 0 Å². The molecule has 2 rings (SSSR count). The van der Waals surface area contributed by atoms with Crippen molar-refractivity contribution in [3.05, 3.63) is 30.3 Å². The van der Waals surface area contributed by atoms with E-state index in [-0.39, 0.29) is 0 Å². The molecular formula is C10H13NO2. The number of hydroxylamine groups is 2. The van der Waals surface area contributed by atoms with E-state index in [1.54, 1.807) is 0 Å². The number of nitrogens with zero attached hydrogens (tertiary/aromatic N) is 1. The van der Waals surface area contributed by atoms with Crippen LogP contribution in [0.15, 0.2) is 30.3 Å². The summed E-state index contributed by atoms with van der Waals surface area (Å²) in [5.41, 5.74) is 0. The van der Waals surface area contributed by atoms with E-state index in [1.165, 1.54) is 12.8 Å². The van der Waals surface area contributed by atoms with Crippen LogP contribution in [0.5, 0.6) is 5.75 Å². The monoisotopic (exact) mass is 179 g/mol. The number of para-hydroxylation sites is 1. The van der Waals surface area contributed by atoms with E-state index in [1.807, 2.05) is 35.4 Å². The minimum atomic E-state index is 0.745. The van der Waals surface area contributed by atoms with E-state index >= 15 is 0 Å². The van der Waals surface area contributed by atoms with Gasteiger partial charge in [-0.25, -0.2) is 0 Å². The number of hydrogen-bond donors (Lipinski definition) is 0. The molecule has 1 aliphatic rings. The van der Waals surface area contributed by atoms with Crippen LogP contribution >= 0.6 is 0 Å². The Labute approximate surface area is 77.8 Å². The normalized spacial score (nSPS) is 17.5. The molecule has 0 saturated carbocycles. The summed E-state index contributed by atoms with van der Waals surface area (Å²) >= 11 is 0. The molecule has 1 aromatic rings. The Morgan fingerprint density at radius 3 is 2.38 bits per heavy atom. The van der Waals surface area contributed by atoms with Gasteiger partial charge >= 0.3 is 0 Å². The van der Waals surface area contributed by atoms with Crippen molar-refractivity contribution in [2.24, 2.45) is 0 Å². The Hall–Kier alpha value is -1.06. The average Bonchev–Trinajstić information content (AvgIpc) is 2.69. The first kappa shape index (κ1) is 8.53. The summed E-state index contributed by atoms with van der Waals surface area (Å²) in [4.78, 5) is 10.2. The van der Waals surface area contributed by atoms with E-state index < -0.39 is 0 Å². The molecule has 1 aliphatic heterocycles. The number of hydrogen-bond acceptors (Lipinski definition) is 3. The van der Waals surface area contributed by atoms with Crippen LogP contribution in [0.4, 0.5) is 0 Å². The fourth-order valence-corrected chi connectivity index (χ4v) is 1.33. The van der Waals surface area contributed by atoms with Crippen LogP contribution in [0, 0.1) is 0 Å². The molecule has 1 saturated heterocycles.